The van der Waals surface area contributed by atoms with Crippen LogP contribution in [0.15, 0.2) is 39.9 Å². The summed E-state index contributed by atoms with van der Waals surface area (Å²) in [5, 5.41) is 4.09. The lowest BCUT2D eigenvalue weighted by molar-refractivity contribution is 0.182. The summed E-state index contributed by atoms with van der Waals surface area (Å²) in [6.45, 7) is 2.69. The minimum Gasteiger partial charge on any atom is -0.296 e. The highest BCUT2D eigenvalue weighted by Crippen LogP contribution is 2.20. The van der Waals surface area contributed by atoms with E-state index in [2.05, 4.69) is 16.3 Å². The summed E-state index contributed by atoms with van der Waals surface area (Å²) in [5.74, 6) is -2.20. The summed E-state index contributed by atoms with van der Waals surface area (Å²) < 4.78 is 52.6. The first-order chi connectivity index (χ1) is 11.0. The number of hydrogen-bond acceptors (Lipinski definition) is 4. The van der Waals surface area contributed by atoms with Gasteiger partial charge in [-0.05, 0) is 40.6 Å². The number of hydrogen-bond donors (Lipinski definition) is 0. The molecule has 1 saturated heterocycles. The standard InChI is InChI=1S/C15H16F2N2O2S2/c16-14-2-1-13(9-15(14)17)23(20,21)19-6-4-18(5-7-19)10-12-3-8-22-11-12/h1-3,8-9,11H,4-7,10H2. The molecular weight excluding hydrogens is 342 g/mol. The maximum Gasteiger partial charge on any atom is 0.243 e. The number of rotatable bonds is 4. The Morgan fingerprint density at radius 3 is 2.39 bits per heavy atom. The number of nitrogens with zero attached hydrogens (tertiary/aromatic N) is 2. The maximum atomic E-state index is 13.3. The molecule has 2 heterocycles. The molecule has 4 nitrogen and oxygen atoms in total. The van der Waals surface area contributed by atoms with E-state index in [-0.39, 0.29) is 4.90 Å². The van der Waals surface area contributed by atoms with Crippen LogP contribution in [-0.2, 0) is 16.6 Å². The number of sulfonamides is 1. The van der Waals surface area contributed by atoms with Crippen molar-refractivity contribution in [2.24, 2.45) is 0 Å². The third kappa shape index (κ3) is 3.60. The lowest BCUT2D eigenvalue weighted by Gasteiger charge is -2.33. The van der Waals surface area contributed by atoms with E-state index in [9.17, 15) is 17.2 Å². The molecule has 124 valence electrons. The Morgan fingerprint density at radius 1 is 1.04 bits per heavy atom. The largest absolute Gasteiger partial charge is 0.296 e. The van der Waals surface area contributed by atoms with E-state index < -0.39 is 21.7 Å². The first-order valence-electron chi connectivity index (χ1n) is 7.15. The molecule has 0 amide bonds. The van der Waals surface area contributed by atoms with Gasteiger partial charge in [-0.25, -0.2) is 17.2 Å². The molecule has 0 atom stereocenters. The van der Waals surface area contributed by atoms with Crippen molar-refractivity contribution < 1.29 is 17.2 Å². The zero-order valence-electron chi connectivity index (χ0n) is 12.3. The third-order valence-electron chi connectivity index (χ3n) is 3.85. The monoisotopic (exact) mass is 358 g/mol. The van der Waals surface area contributed by atoms with Gasteiger partial charge in [0.05, 0.1) is 4.90 Å². The van der Waals surface area contributed by atoms with Crippen molar-refractivity contribution in [2.75, 3.05) is 26.2 Å². The number of halogens is 2. The lowest BCUT2D eigenvalue weighted by Crippen LogP contribution is -2.48. The topological polar surface area (TPSA) is 40.6 Å². The SMILES string of the molecule is O=S(=O)(c1ccc(F)c(F)c1)N1CCN(Cc2ccsc2)CC1. The van der Waals surface area contributed by atoms with Gasteiger partial charge >= 0.3 is 0 Å². The van der Waals surface area contributed by atoms with Gasteiger partial charge in [-0.2, -0.15) is 15.6 Å². The van der Waals surface area contributed by atoms with E-state index in [0.29, 0.717) is 26.2 Å². The molecule has 3 rings (SSSR count). The quantitative estimate of drug-likeness (QED) is 0.843. The minimum atomic E-state index is -3.78. The molecule has 1 aliphatic rings. The molecule has 1 aliphatic heterocycles. The number of thiophene rings is 1. The molecule has 0 bridgehead atoms. The Hall–Kier alpha value is -1.35. The molecule has 0 saturated carbocycles. The first kappa shape index (κ1) is 16.5. The van der Waals surface area contributed by atoms with Crippen LogP contribution < -0.4 is 0 Å². The van der Waals surface area contributed by atoms with Crippen molar-refractivity contribution in [3.63, 3.8) is 0 Å². The van der Waals surface area contributed by atoms with Gasteiger partial charge in [-0.15, -0.1) is 0 Å². The van der Waals surface area contributed by atoms with Gasteiger partial charge in [0.15, 0.2) is 11.6 Å². The van der Waals surface area contributed by atoms with Crippen LogP contribution in [0.25, 0.3) is 0 Å². The van der Waals surface area contributed by atoms with Crippen molar-refractivity contribution >= 4 is 21.4 Å². The first-order valence-corrected chi connectivity index (χ1v) is 9.54. The Kier molecular flexibility index (Phi) is 4.77. The Labute approximate surface area is 138 Å². The fraction of sp³-hybridized carbons (Fsp3) is 0.333. The Bertz CT molecular complexity index is 771. The van der Waals surface area contributed by atoms with E-state index in [4.69, 9.17) is 0 Å². The van der Waals surface area contributed by atoms with Gasteiger partial charge in [-0.1, -0.05) is 0 Å². The summed E-state index contributed by atoms with van der Waals surface area (Å²) in [4.78, 5) is 1.97. The smallest absolute Gasteiger partial charge is 0.243 e. The molecule has 1 fully saturated rings. The highest BCUT2D eigenvalue weighted by Gasteiger charge is 2.29. The van der Waals surface area contributed by atoms with Gasteiger partial charge < -0.3 is 0 Å². The van der Waals surface area contributed by atoms with Crippen molar-refractivity contribution in [3.8, 4) is 0 Å². The summed E-state index contributed by atoms with van der Waals surface area (Å²) in [5.41, 5.74) is 1.21. The third-order valence-corrected chi connectivity index (χ3v) is 6.47. The molecule has 0 unspecified atom stereocenters. The fourth-order valence-corrected chi connectivity index (χ4v) is 4.65. The van der Waals surface area contributed by atoms with Crippen LogP contribution in [0.3, 0.4) is 0 Å². The lowest BCUT2D eigenvalue weighted by atomic mass is 10.3. The van der Waals surface area contributed by atoms with Crippen molar-refractivity contribution in [1.82, 2.24) is 9.21 Å². The van der Waals surface area contributed by atoms with Gasteiger partial charge in [0, 0.05) is 32.7 Å². The molecule has 1 aromatic heterocycles. The second-order valence-electron chi connectivity index (χ2n) is 5.39. The van der Waals surface area contributed by atoms with E-state index in [1.165, 1.54) is 9.87 Å². The fourth-order valence-electron chi connectivity index (χ4n) is 2.56. The van der Waals surface area contributed by atoms with Crippen LogP contribution in [-0.4, -0.2) is 43.8 Å². The van der Waals surface area contributed by atoms with Gasteiger partial charge in [0.25, 0.3) is 0 Å². The molecule has 23 heavy (non-hydrogen) atoms. The highest BCUT2D eigenvalue weighted by molar-refractivity contribution is 7.89. The zero-order valence-corrected chi connectivity index (χ0v) is 13.9. The average Bonchev–Trinajstić information content (AvgIpc) is 3.03. The molecule has 8 heteroatoms. The van der Waals surface area contributed by atoms with Crippen LogP contribution in [0, 0.1) is 11.6 Å². The highest BCUT2D eigenvalue weighted by atomic mass is 32.2. The van der Waals surface area contributed by atoms with Gasteiger partial charge in [0.1, 0.15) is 0 Å². The average molecular weight is 358 g/mol. The molecule has 0 aliphatic carbocycles. The molecule has 0 spiro atoms. The molecule has 0 radical (unpaired) electrons. The van der Waals surface area contributed by atoms with Crippen LogP contribution >= 0.6 is 11.3 Å². The molecule has 2 aromatic rings. The molecular formula is C15H16F2N2O2S2. The second-order valence-corrected chi connectivity index (χ2v) is 8.11. The van der Waals surface area contributed by atoms with E-state index in [1.54, 1.807) is 11.3 Å². The summed E-state index contributed by atoms with van der Waals surface area (Å²) >= 11 is 1.63. The van der Waals surface area contributed by atoms with Crippen LogP contribution in [0.2, 0.25) is 0 Å². The summed E-state index contributed by atoms with van der Waals surface area (Å²) in [7, 11) is -3.78. The maximum absolute atomic E-state index is 13.3. The predicted octanol–water partition coefficient (Wildman–Crippen LogP) is 2.53. The van der Waals surface area contributed by atoms with Gasteiger partial charge in [-0.3, -0.25) is 4.90 Å². The van der Waals surface area contributed by atoms with Crippen LogP contribution in [0.1, 0.15) is 5.56 Å². The Morgan fingerprint density at radius 2 is 1.78 bits per heavy atom. The molecule has 1 aromatic carbocycles. The van der Waals surface area contributed by atoms with Crippen LogP contribution in [0.5, 0.6) is 0 Å². The number of piperazine rings is 1. The second kappa shape index (κ2) is 6.64. The Balaban J connectivity index is 1.67. The van der Waals surface area contributed by atoms with Crippen molar-refractivity contribution in [2.45, 2.75) is 11.4 Å². The van der Waals surface area contributed by atoms with E-state index in [1.807, 2.05) is 5.38 Å². The minimum absolute atomic E-state index is 0.206. The van der Waals surface area contributed by atoms with Crippen molar-refractivity contribution in [1.29, 1.82) is 0 Å². The normalized spacial score (nSPS) is 17.5. The van der Waals surface area contributed by atoms with E-state index >= 15 is 0 Å². The number of benzene rings is 1. The molecule has 0 N–H and O–H groups in total. The summed E-state index contributed by atoms with van der Waals surface area (Å²) in [6, 6.07) is 4.73. The predicted molar refractivity (Wildman–Crippen MR) is 84.7 cm³/mol. The summed E-state index contributed by atoms with van der Waals surface area (Å²) in [6.07, 6.45) is 0. The zero-order chi connectivity index (χ0) is 16.4. The van der Waals surface area contributed by atoms with Crippen LogP contribution in [0.4, 0.5) is 8.78 Å². The van der Waals surface area contributed by atoms with Gasteiger partial charge in [0.2, 0.25) is 10.0 Å². The van der Waals surface area contributed by atoms with E-state index in [0.717, 1.165) is 24.7 Å². The van der Waals surface area contributed by atoms with Crippen molar-refractivity contribution in [3.05, 3.63) is 52.2 Å².